The van der Waals surface area contributed by atoms with Gasteiger partial charge in [-0.25, -0.2) is 4.98 Å². The number of rotatable bonds is 14. The number of terminal acetylenes is 1. The van der Waals surface area contributed by atoms with E-state index in [4.69, 9.17) is 16.1 Å². The van der Waals surface area contributed by atoms with Crippen LogP contribution in [-0.2, 0) is 4.79 Å². The van der Waals surface area contributed by atoms with Gasteiger partial charge in [0.05, 0.1) is 11.3 Å². The summed E-state index contributed by atoms with van der Waals surface area (Å²) in [4.78, 5) is 50.7. The van der Waals surface area contributed by atoms with E-state index in [2.05, 4.69) is 35.2 Å². The van der Waals surface area contributed by atoms with E-state index in [0.29, 0.717) is 35.1 Å². The molecular formula is C35H38LrN6O4-2. The van der Waals surface area contributed by atoms with Gasteiger partial charge < -0.3 is 31.6 Å². The zero-order valence-corrected chi connectivity index (χ0v) is 28.3. The fourth-order valence-corrected chi connectivity index (χ4v) is 4.76. The van der Waals surface area contributed by atoms with Gasteiger partial charge in [-0.2, -0.15) is 0 Å². The van der Waals surface area contributed by atoms with E-state index in [1.165, 1.54) is 36.2 Å². The van der Waals surface area contributed by atoms with Crippen molar-refractivity contribution in [1.29, 1.82) is 0 Å². The van der Waals surface area contributed by atoms with Crippen molar-refractivity contribution in [3.63, 3.8) is 0 Å². The molecule has 3 amide bonds. The molecular weight excluding hydrogens is 830 g/mol. The Morgan fingerprint density at radius 1 is 1.15 bits per heavy atom. The molecule has 10 nitrogen and oxygen atoms in total. The Kier molecular flexibility index (Phi) is 11.6. The molecule has 1 aliphatic carbocycles. The van der Waals surface area contributed by atoms with E-state index in [1.54, 1.807) is 30.2 Å². The number of ether oxygens (including phenoxy) is 1. The van der Waals surface area contributed by atoms with Crippen LogP contribution in [0.5, 0.6) is 5.75 Å². The molecule has 0 aliphatic heterocycles. The SMILES string of the molecule is C#C[CH-]N(CCN([CH2-])C[C@@H](Oc1cc(C)c(C(=O)Nc2ncccc2C)cc1C(=O)NC)c1ccc(C2CC2)cn1)C(=O)C=C.[Lr]. The zero-order chi connectivity index (χ0) is 32.5. The number of nitrogens with one attached hydrogen (secondary N) is 2. The molecule has 46 heavy (non-hydrogen) atoms. The average molecular weight is 869 g/mol. The normalized spacial score (nSPS) is 12.6. The van der Waals surface area contributed by atoms with Crippen LogP contribution in [0.15, 0.2) is 61.4 Å². The summed E-state index contributed by atoms with van der Waals surface area (Å²) in [7, 11) is 5.67. The summed E-state index contributed by atoms with van der Waals surface area (Å²) in [6.45, 7) is 9.43. The molecule has 1 aliphatic rings. The summed E-state index contributed by atoms with van der Waals surface area (Å²) in [5.41, 5.74) is 3.74. The van der Waals surface area contributed by atoms with Crippen LogP contribution in [0.2, 0.25) is 0 Å². The molecule has 249 valence electrons. The number of carbonyl (C=O) groups is 3. The largest absolute Gasteiger partial charge is 0.482 e. The van der Waals surface area contributed by atoms with E-state index in [1.807, 2.05) is 31.3 Å². The minimum Gasteiger partial charge on any atom is -0.482 e. The summed E-state index contributed by atoms with van der Waals surface area (Å²) in [6, 6.07) is 10.8. The van der Waals surface area contributed by atoms with Gasteiger partial charge >= 0.3 is 0 Å². The molecule has 2 heterocycles. The van der Waals surface area contributed by atoms with Crippen LogP contribution < -0.4 is 15.4 Å². The van der Waals surface area contributed by atoms with Crippen molar-refractivity contribution >= 4 is 23.5 Å². The van der Waals surface area contributed by atoms with Gasteiger partial charge in [-0.3, -0.25) is 32.3 Å². The number of carbonyl (C=O) groups excluding carboxylic acids is 3. The maximum Gasteiger partial charge on any atom is 0.257 e. The molecule has 2 aromatic heterocycles. The summed E-state index contributed by atoms with van der Waals surface area (Å²) < 4.78 is 6.53. The van der Waals surface area contributed by atoms with Crippen molar-refractivity contribution in [2.24, 2.45) is 0 Å². The van der Waals surface area contributed by atoms with E-state index >= 15 is 0 Å². The molecule has 0 saturated heterocycles. The number of benzene rings is 1. The minimum atomic E-state index is -0.644. The van der Waals surface area contributed by atoms with Gasteiger partial charge in [0, 0.05) is 38.1 Å². The van der Waals surface area contributed by atoms with E-state index < -0.39 is 17.9 Å². The topological polar surface area (TPSA) is 117 Å². The van der Waals surface area contributed by atoms with Gasteiger partial charge in [0.25, 0.3) is 11.8 Å². The molecule has 3 aromatic rings. The maximum atomic E-state index is 13.3. The van der Waals surface area contributed by atoms with Gasteiger partial charge in [0.1, 0.15) is 11.6 Å². The number of amides is 3. The van der Waals surface area contributed by atoms with Crippen LogP contribution in [0.4, 0.5) is 5.82 Å². The van der Waals surface area contributed by atoms with Gasteiger partial charge in [0.15, 0.2) is 6.10 Å². The number of aromatic nitrogens is 2. The summed E-state index contributed by atoms with van der Waals surface area (Å²) in [6.07, 6.45) is 11.7. The molecule has 1 aromatic carbocycles. The molecule has 0 bridgehead atoms. The first kappa shape index (κ1) is 34.4. The molecule has 4 rings (SSSR count). The fraction of sp³-hybridized carbons (Fsp3) is 0.286. The Hall–Kier alpha value is -6.14. The zero-order valence-electron chi connectivity index (χ0n) is 26.1. The van der Waals surface area contributed by atoms with Crippen molar-refractivity contribution < 1.29 is 19.1 Å². The third-order valence-electron chi connectivity index (χ3n) is 7.51. The summed E-state index contributed by atoms with van der Waals surface area (Å²) in [5.74, 6) is 2.49. The molecule has 1 atom stereocenters. The molecule has 1 radical (unpaired) electrons. The quantitative estimate of drug-likeness (QED) is 0.138. The van der Waals surface area contributed by atoms with Crippen LogP contribution in [0, 0.1) is 39.8 Å². The van der Waals surface area contributed by atoms with Crippen LogP contribution in [0.1, 0.15) is 68.0 Å². The van der Waals surface area contributed by atoms with Crippen LogP contribution in [0.3, 0.4) is 0 Å². The number of anilines is 1. The van der Waals surface area contributed by atoms with Gasteiger partial charge in [-0.1, -0.05) is 25.3 Å². The van der Waals surface area contributed by atoms with Crippen molar-refractivity contribution in [2.75, 3.05) is 32.0 Å². The van der Waals surface area contributed by atoms with Crippen molar-refractivity contribution in [2.45, 2.75) is 38.7 Å². The number of pyridine rings is 2. The first-order valence-corrected chi connectivity index (χ1v) is 14.6. The molecule has 1 fully saturated rings. The molecule has 11 heteroatoms. The minimum absolute atomic E-state index is 0. The van der Waals surface area contributed by atoms with Crippen molar-refractivity contribution in [3.05, 3.63) is 109 Å². The van der Waals surface area contributed by atoms with Crippen molar-refractivity contribution in [3.8, 4) is 18.1 Å². The van der Waals surface area contributed by atoms with E-state index in [0.717, 1.165) is 18.4 Å². The second kappa shape index (κ2) is 15.5. The Bertz CT molecular complexity index is 1600. The van der Waals surface area contributed by atoms with Crippen LogP contribution >= 0.6 is 0 Å². The molecule has 0 spiro atoms. The molecule has 2 N–H and O–H groups in total. The Balaban J connectivity index is 0.00000576. The number of hydrogen-bond donors (Lipinski definition) is 2. The monoisotopic (exact) mass is 868 g/mol. The number of nitrogens with zero attached hydrogens (tertiary/aromatic N) is 4. The van der Waals surface area contributed by atoms with E-state index in [9.17, 15) is 14.4 Å². The molecule has 1 saturated carbocycles. The van der Waals surface area contributed by atoms with Crippen molar-refractivity contribution in [1.82, 2.24) is 25.1 Å². The number of aryl methyl sites for hydroxylation is 2. The van der Waals surface area contributed by atoms with E-state index in [-0.39, 0.29) is 30.3 Å². The van der Waals surface area contributed by atoms with Crippen LogP contribution in [0.25, 0.3) is 0 Å². The summed E-state index contributed by atoms with van der Waals surface area (Å²) in [5, 5.41) is 5.47. The first-order chi connectivity index (χ1) is 21.6. The number of hydrogen-bond acceptors (Lipinski definition) is 7. The van der Waals surface area contributed by atoms with Crippen LogP contribution in [-0.4, -0.2) is 64.2 Å². The summed E-state index contributed by atoms with van der Waals surface area (Å²) >= 11 is 0. The standard InChI is InChI=1S/C35H38N6O4.Lr/c1-7-16-41(32(42)8-2)18-17-40(6)22-31(29-14-13-26(21-38-29)25-11-12-25)45-30-19-24(4)27(20-28(30)34(43)36-5)35(44)39-33-23(3)10-9-15-37-33;/h1,8-10,13-16,19-21,25,31H,2,6,11-12,17-18,22H2,3-5H3,(H,36,43)(H,37,39,44);/q-2;/t31-;/m1./s1. The third-order valence-corrected chi connectivity index (χ3v) is 7.51. The molecule has 0 unspecified atom stereocenters. The first-order valence-electron chi connectivity index (χ1n) is 14.6. The Morgan fingerprint density at radius 3 is 2.52 bits per heavy atom. The third kappa shape index (κ3) is 8.49. The Morgan fingerprint density at radius 2 is 1.91 bits per heavy atom. The van der Waals surface area contributed by atoms with Gasteiger partial charge in [-0.15, -0.1) is 0 Å². The average Bonchev–Trinajstić information content (AvgIpc) is 3.89. The second-order valence-corrected chi connectivity index (χ2v) is 10.9. The smallest absolute Gasteiger partial charge is 0.257 e. The van der Waals surface area contributed by atoms with Gasteiger partial charge in [0.2, 0.25) is 5.91 Å². The fourth-order valence-electron chi connectivity index (χ4n) is 4.76. The Labute approximate surface area is 264 Å². The predicted molar refractivity (Wildman–Crippen MR) is 173 cm³/mol. The second-order valence-electron chi connectivity index (χ2n) is 10.9. The maximum absolute atomic E-state index is 13.3. The predicted octanol–water partition coefficient (Wildman–Crippen LogP) is 4.61. The van der Waals surface area contributed by atoms with Gasteiger partial charge in [-0.05, 0) is 86.2 Å².